The lowest BCUT2D eigenvalue weighted by Crippen LogP contribution is -2.30. The van der Waals surface area contributed by atoms with Gasteiger partial charge in [-0.05, 0) is 37.4 Å². The lowest BCUT2D eigenvalue weighted by atomic mass is 9.99. The summed E-state index contributed by atoms with van der Waals surface area (Å²) in [6.07, 6.45) is 7.99. The minimum absolute atomic E-state index is 0.652. The van der Waals surface area contributed by atoms with Crippen LogP contribution >= 0.6 is 0 Å². The number of piperidine rings is 1. The van der Waals surface area contributed by atoms with Gasteiger partial charge in [-0.25, -0.2) is 0 Å². The molecule has 1 saturated heterocycles. The van der Waals surface area contributed by atoms with Gasteiger partial charge < -0.3 is 10.1 Å². The molecule has 0 spiro atoms. The summed E-state index contributed by atoms with van der Waals surface area (Å²) >= 11 is 0. The highest BCUT2D eigenvalue weighted by Crippen LogP contribution is 2.12. The van der Waals surface area contributed by atoms with Crippen molar-refractivity contribution >= 4 is 0 Å². The molecule has 1 rings (SSSR count). The minimum Gasteiger partial charge on any atom is -0.376 e. The summed E-state index contributed by atoms with van der Waals surface area (Å²) in [6.45, 7) is 11.2. The number of hydrogen-bond donors (Lipinski definition) is 1. The summed E-state index contributed by atoms with van der Waals surface area (Å²) in [7, 11) is 0. The molecule has 0 aromatic rings. The fraction of sp³-hybridized carbons (Fsp3) is 0.538. The molecule has 0 saturated carbocycles. The molecule has 0 amide bonds. The van der Waals surface area contributed by atoms with Crippen molar-refractivity contribution in [2.24, 2.45) is 5.92 Å². The molecule has 2 heteroatoms. The van der Waals surface area contributed by atoms with Gasteiger partial charge in [-0.15, -0.1) is 0 Å². The molecule has 0 aliphatic carbocycles. The monoisotopic (exact) mass is 207 g/mol. The summed E-state index contributed by atoms with van der Waals surface area (Å²) in [5.74, 6) is 0.723. The number of hydrogen-bond acceptors (Lipinski definition) is 2. The quantitative estimate of drug-likeness (QED) is 0.675. The average molecular weight is 207 g/mol. The molecule has 84 valence electrons. The van der Waals surface area contributed by atoms with Crippen molar-refractivity contribution < 1.29 is 4.74 Å². The van der Waals surface area contributed by atoms with E-state index < -0.39 is 0 Å². The van der Waals surface area contributed by atoms with E-state index >= 15 is 0 Å². The zero-order chi connectivity index (χ0) is 10.9. The molecule has 1 heterocycles. The van der Waals surface area contributed by atoms with Crippen LogP contribution in [0.25, 0.3) is 0 Å². The summed E-state index contributed by atoms with van der Waals surface area (Å²) < 4.78 is 5.66. The van der Waals surface area contributed by atoms with E-state index in [0.29, 0.717) is 6.61 Å². The van der Waals surface area contributed by atoms with Gasteiger partial charge >= 0.3 is 0 Å². The van der Waals surface area contributed by atoms with Crippen LogP contribution < -0.4 is 5.32 Å². The number of nitrogens with one attached hydrogen (secondary N) is 1. The topological polar surface area (TPSA) is 21.3 Å². The lowest BCUT2D eigenvalue weighted by molar-refractivity contribution is 0.105. The van der Waals surface area contributed by atoms with Crippen molar-refractivity contribution in [1.29, 1.82) is 0 Å². The van der Waals surface area contributed by atoms with Crippen LogP contribution in [0.4, 0.5) is 0 Å². The fourth-order valence-corrected chi connectivity index (χ4v) is 1.72. The Morgan fingerprint density at radius 2 is 2.07 bits per heavy atom. The van der Waals surface area contributed by atoms with Gasteiger partial charge in [0.05, 0.1) is 6.61 Å². The van der Waals surface area contributed by atoms with Crippen molar-refractivity contribution in [3.63, 3.8) is 0 Å². The van der Waals surface area contributed by atoms with Crippen LogP contribution in [0.5, 0.6) is 0 Å². The van der Waals surface area contributed by atoms with E-state index in [1.165, 1.54) is 12.8 Å². The summed E-state index contributed by atoms with van der Waals surface area (Å²) in [6, 6.07) is 0. The van der Waals surface area contributed by atoms with Crippen LogP contribution in [0, 0.1) is 5.92 Å². The molecule has 0 atom stereocenters. The van der Waals surface area contributed by atoms with Crippen molar-refractivity contribution in [3.8, 4) is 0 Å². The molecule has 1 fully saturated rings. The predicted molar refractivity (Wildman–Crippen MR) is 64.9 cm³/mol. The maximum Gasteiger partial charge on any atom is 0.0716 e. The van der Waals surface area contributed by atoms with Gasteiger partial charge in [-0.3, -0.25) is 0 Å². The highest BCUT2D eigenvalue weighted by molar-refractivity contribution is 5.21. The first kappa shape index (κ1) is 12.2. The van der Waals surface area contributed by atoms with Crippen molar-refractivity contribution in [1.82, 2.24) is 5.32 Å². The Kier molecular flexibility index (Phi) is 6.05. The molecular weight excluding hydrogens is 186 g/mol. The SMILES string of the molecule is C=C/C=C(\C=C)COCC1CCNCC1. The van der Waals surface area contributed by atoms with E-state index in [9.17, 15) is 0 Å². The maximum atomic E-state index is 5.66. The normalized spacial score (nSPS) is 18.8. The summed E-state index contributed by atoms with van der Waals surface area (Å²) in [5, 5.41) is 3.35. The number of ether oxygens (including phenoxy) is 1. The second-order valence-electron chi connectivity index (χ2n) is 3.89. The van der Waals surface area contributed by atoms with E-state index in [-0.39, 0.29) is 0 Å². The van der Waals surface area contributed by atoms with Crippen LogP contribution in [0.2, 0.25) is 0 Å². The first-order chi connectivity index (χ1) is 7.36. The van der Waals surface area contributed by atoms with Crippen molar-refractivity contribution in [2.45, 2.75) is 12.8 Å². The third-order valence-electron chi connectivity index (χ3n) is 2.68. The third-order valence-corrected chi connectivity index (χ3v) is 2.68. The molecule has 0 aromatic heterocycles. The van der Waals surface area contributed by atoms with E-state index in [1.807, 2.05) is 12.2 Å². The highest BCUT2D eigenvalue weighted by atomic mass is 16.5. The largest absolute Gasteiger partial charge is 0.376 e. The molecule has 1 aliphatic heterocycles. The Labute approximate surface area is 92.7 Å². The molecule has 0 radical (unpaired) electrons. The van der Waals surface area contributed by atoms with Crippen molar-refractivity contribution in [3.05, 3.63) is 37.0 Å². The molecule has 0 bridgehead atoms. The second kappa shape index (κ2) is 7.43. The Bertz CT molecular complexity index is 227. The van der Waals surface area contributed by atoms with E-state index in [1.54, 1.807) is 6.08 Å². The molecule has 0 aromatic carbocycles. The zero-order valence-corrected chi connectivity index (χ0v) is 9.37. The summed E-state index contributed by atoms with van der Waals surface area (Å²) in [5.41, 5.74) is 1.10. The molecule has 15 heavy (non-hydrogen) atoms. The van der Waals surface area contributed by atoms with Gasteiger partial charge in [0.1, 0.15) is 0 Å². The van der Waals surface area contributed by atoms with E-state index in [0.717, 1.165) is 31.2 Å². The zero-order valence-electron chi connectivity index (χ0n) is 9.37. The van der Waals surface area contributed by atoms with Gasteiger partial charge in [0.15, 0.2) is 0 Å². The first-order valence-corrected chi connectivity index (χ1v) is 5.59. The smallest absolute Gasteiger partial charge is 0.0716 e. The Morgan fingerprint density at radius 1 is 1.33 bits per heavy atom. The van der Waals surface area contributed by atoms with Gasteiger partial charge in [-0.1, -0.05) is 31.4 Å². The van der Waals surface area contributed by atoms with E-state index in [2.05, 4.69) is 18.5 Å². The van der Waals surface area contributed by atoms with Crippen LogP contribution in [-0.2, 0) is 4.74 Å². The molecular formula is C13H21NO. The Balaban J connectivity index is 2.16. The summed E-state index contributed by atoms with van der Waals surface area (Å²) in [4.78, 5) is 0. The molecule has 1 N–H and O–H groups in total. The van der Waals surface area contributed by atoms with Gasteiger partial charge in [-0.2, -0.15) is 0 Å². The van der Waals surface area contributed by atoms with Crippen LogP contribution in [-0.4, -0.2) is 26.3 Å². The average Bonchev–Trinajstić information content (AvgIpc) is 2.29. The molecule has 1 aliphatic rings. The van der Waals surface area contributed by atoms with Gasteiger partial charge in [0.25, 0.3) is 0 Å². The van der Waals surface area contributed by atoms with Gasteiger partial charge in [0.2, 0.25) is 0 Å². The number of allylic oxidation sites excluding steroid dienone is 2. The highest BCUT2D eigenvalue weighted by Gasteiger charge is 2.12. The standard InChI is InChI=1S/C13H21NO/c1-3-5-12(4-2)10-15-11-13-6-8-14-9-7-13/h3-5,13-14H,1-2,6-11H2/b12-5+. The van der Waals surface area contributed by atoms with Crippen molar-refractivity contribution in [2.75, 3.05) is 26.3 Å². The van der Waals surface area contributed by atoms with Crippen LogP contribution in [0.15, 0.2) is 37.0 Å². The predicted octanol–water partition coefficient (Wildman–Crippen LogP) is 2.30. The lowest BCUT2D eigenvalue weighted by Gasteiger charge is -2.22. The van der Waals surface area contributed by atoms with Crippen LogP contribution in [0.1, 0.15) is 12.8 Å². The fourth-order valence-electron chi connectivity index (χ4n) is 1.72. The minimum atomic E-state index is 0.652. The maximum absolute atomic E-state index is 5.66. The Morgan fingerprint density at radius 3 is 2.67 bits per heavy atom. The number of rotatable bonds is 6. The van der Waals surface area contributed by atoms with Gasteiger partial charge in [0, 0.05) is 6.61 Å². The second-order valence-corrected chi connectivity index (χ2v) is 3.89. The molecule has 2 nitrogen and oxygen atoms in total. The Hall–Kier alpha value is -0.860. The first-order valence-electron chi connectivity index (χ1n) is 5.59. The third kappa shape index (κ3) is 4.96. The van der Waals surface area contributed by atoms with E-state index in [4.69, 9.17) is 4.74 Å². The molecule has 0 unspecified atom stereocenters. The van der Waals surface area contributed by atoms with Crippen LogP contribution in [0.3, 0.4) is 0 Å².